The summed E-state index contributed by atoms with van der Waals surface area (Å²) in [5, 5.41) is 0. The van der Waals surface area contributed by atoms with Crippen molar-refractivity contribution >= 4 is 8.32 Å². The number of hydrogen-bond acceptors (Lipinski definition) is 4. The molecule has 0 amide bonds. The zero-order chi connectivity index (χ0) is 20.5. The lowest BCUT2D eigenvalue weighted by Gasteiger charge is -2.28. The molecule has 0 saturated carbocycles. The molecule has 0 aromatic heterocycles. The minimum absolute atomic E-state index is 0.883. The summed E-state index contributed by atoms with van der Waals surface area (Å²) in [5.74, 6) is 0. The van der Waals surface area contributed by atoms with Crippen molar-refractivity contribution in [2.45, 2.75) is 78.4 Å². The van der Waals surface area contributed by atoms with Gasteiger partial charge in [-0.05, 0) is 118 Å². The van der Waals surface area contributed by atoms with Crippen molar-refractivity contribution in [2.24, 2.45) is 0 Å². The summed E-state index contributed by atoms with van der Waals surface area (Å²) in [4.78, 5) is 7.67. The molecule has 0 saturated heterocycles. The molecule has 0 N–H and O–H groups in total. The normalized spacial score (nSPS) is 14.4. The fraction of sp³-hybridized carbons (Fsp3) is 1.00. The van der Waals surface area contributed by atoms with Crippen LogP contribution in [0.5, 0.6) is 0 Å². The molecule has 0 bridgehead atoms. The van der Waals surface area contributed by atoms with Crippen LogP contribution in [0.2, 0.25) is 18.6 Å². The summed E-state index contributed by atoms with van der Waals surface area (Å²) in [6.07, 6.45) is 6.37. The van der Waals surface area contributed by atoms with Gasteiger partial charge in [-0.1, -0.05) is 20.8 Å². The Morgan fingerprint density at radius 1 is 0.667 bits per heavy atom. The summed E-state index contributed by atoms with van der Waals surface area (Å²) in [7, 11) is 3.06. The highest BCUT2D eigenvalue weighted by molar-refractivity contribution is 6.72. The third-order valence-electron chi connectivity index (χ3n) is 5.66. The predicted octanol–water partition coefficient (Wildman–Crippen LogP) is 4.77. The van der Waals surface area contributed by atoms with Crippen LogP contribution in [0.15, 0.2) is 0 Å². The second-order valence-electron chi connectivity index (χ2n) is 8.50. The van der Waals surface area contributed by atoms with E-state index >= 15 is 0 Å². The van der Waals surface area contributed by atoms with Crippen LogP contribution in [0, 0.1) is 0 Å². The van der Waals surface area contributed by atoms with Gasteiger partial charge >= 0.3 is 0 Å². The van der Waals surface area contributed by atoms with Gasteiger partial charge in [-0.25, -0.2) is 0 Å². The summed E-state index contributed by atoms with van der Waals surface area (Å²) in [6, 6.07) is 2.55. The molecule has 0 fully saturated rings. The molecule has 0 aliphatic rings. The first-order chi connectivity index (χ1) is 12.9. The highest BCUT2D eigenvalue weighted by Gasteiger charge is 2.25. The van der Waals surface area contributed by atoms with Gasteiger partial charge < -0.3 is 19.1 Å². The van der Waals surface area contributed by atoms with Gasteiger partial charge in [0.2, 0.25) is 0 Å². The van der Waals surface area contributed by atoms with Crippen LogP contribution in [-0.2, 0) is 4.43 Å². The van der Waals surface area contributed by atoms with E-state index < -0.39 is 8.32 Å². The Bertz CT molecular complexity index is 315. The van der Waals surface area contributed by atoms with Crippen molar-refractivity contribution < 1.29 is 4.43 Å². The molecule has 164 valence electrons. The second-order valence-corrected chi connectivity index (χ2v) is 12.9. The van der Waals surface area contributed by atoms with E-state index in [0.717, 1.165) is 6.61 Å². The Morgan fingerprint density at radius 2 is 1.15 bits per heavy atom. The summed E-state index contributed by atoms with van der Waals surface area (Å²) in [5.41, 5.74) is 0. The molecule has 0 heterocycles. The lowest BCUT2D eigenvalue weighted by molar-refractivity contribution is 0.226. The van der Waals surface area contributed by atoms with E-state index in [1.807, 2.05) is 0 Å². The van der Waals surface area contributed by atoms with Crippen LogP contribution in [0.1, 0.15) is 59.8 Å². The Balaban J connectivity index is 4.36. The Kier molecular flexibility index (Phi) is 17.0. The minimum atomic E-state index is -1.45. The molecule has 4 nitrogen and oxygen atoms in total. The van der Waals surface area contributed by atoms with E-state index in [1.165, 1.54) is 90.0 Å². The summed E-state index contributed by atoms with van der Waals surface area (Å²) < 4.78 is 6.15. The van der Waals surface area contributed by atoms with Gasteiger partial charge in [0.25, 0.3) is 0 Å². The van der Waals surface area contributed by atoms with E-state index in [2.05, 4.69) is 63.0 Å². The third kappa shape index (κ3) is 14.7. The first-order valence-corrected chi connectivity index (χ1v) is 14.5. The van der Waals surface area contributed by atoms with Gasteiger partial charge in [-0.2, -0.15) is 0 Å². The zero-order valence-corrected chi connectivity index (χ0v) is 20.9. The average Bonchev–Trinajstić information content (AvgIpc) is 2.62. The molecule has 0 rings (SSSR count). The first kappa shape index (κ1) is 27.1. The average molecular weight is 402 g/mol. The van der Waals surface area contributed by atoms with E-state index in [-0.39, 0.29) is 0 Å². The molecule has 0 aromatic rings. The third-order valence-corrected chi connectivity index (χ3v) is 9.55. The maximum atomic E-state index is 6.15. The quantitative estimate of drug-likeness (QED) is 0.290. The maximum Gasteiger partial charge on any atom is 0.189 e. The van der Waals surface area contributed by atoms with Gasteiger partial charge in [0.05, 0.1) is 0 Å². The van der Waals surface area contributed by atoms with Crippen LogP contribution in [0.4, 0.5) is 0 Å². The van der Waals surface area contributed by atoms with Gasteiger partial charge in [0.15, 0.2) is 8.32 Å². The van der Waals surface area contributed by atoms with Crippen LogP contribution < -0.4 is 0 Å². The topological polar surface area (TPSA) is 19.0 Å². The van der Waals surface area contributed by atoms with Crippen LogP contribution >= 0.6 is 0 Å². The lowest BCUT2D eigenvalue weighted by atomic mass is 10.2. The molecule has 0 radical (unpaired) electrons. The Morgan fingerprint density at radius 3 is 1.56 bits per heavy atom. The van der Waals surface area contributed by atoms with Gasteiger partial charge in [0, 0.05) is 6.61 Å². The smallest absolute Gasteiger partial charge is 0.189 e. The molecule has 1 atom stereocenters. The highest BCUT2D eigenvalue weighted by atomic mass is 28.4. The second kappa shape index (κ2) is 17.0. The molecule has 0 aromatic carbocycles. The maximum absolute atomic E-state index is 6.15. The van der Waals surface area contributed by atoms with Gasteiger partial charge in [-0.15, -0.1) is 0 Å². The van der Waals surface area contributed by atoms with Crippen molar-refractivity contribution in [3.63, 3.8) is 0 Å². The van der Waals surface area contributed by atoms with Crippen molar-refractivity contribution in [1.29, 1.82) is 0 Å². The van der Waals surface area contributed by atoms with Crippen molar-refractivity contribution in [3.8, 4) is 0 Å². The van der Waals surface area contributed by atoms with Crippen molar-refractivity contribution in [1.82, 2.24) is 14.7 Å². The van der Waals surface area contributed by atoms with Gasteiger partial charge in [-0.3, -0.25) is 0 Å². The van der Waals surface area contributed by atoms with Crippen LogP contribution in [0.25, 0.3) is 0 Å². The molecular weight excluding hydrogens is 350 g/mol. The molecule has 27 heavy (non-hydrogen) atoms. The van der Waals surface area contributed by atoms with E-state index in [9.17, 15) is 0 Å². The van der Waals surface area contributed by atoms with Gasteiger partial charge in [0.1, 0.15) is 0 Å². The molecular formula is C22H51N3OSi. The SMILES string of the molecule is CCCN(C)CCCN(CCCN(C)CCC)CCC[Si](C)(CC)OCC. The van der Waals surface area contributed by atoms with E-state index in [1.54, 1.807) is 0 Å². The Hall–Kier alpha value is 0.0569. The monoisotopic (exact) mass is 401 g/mol. The fourth-order valence-electron chi connectivity index (χ4n) is 3.83. The summed E-state index contributed by atoms with van der Waals surface area (Å²) in [6.45, 7) is 20.9. The molecule has 0 aliphatic carbocycles. The first-order valence-electron chi connectivity index (χ1n) is 11.6. The standard InChI is InChI=1S/C22H51N3OSi/c1-8-15-23(5)17-12-19-25(20-13-18-24(6)16-9-2)21-14-22-27(7,11-4)26-10-3/h8-22H2,1-7H3. The van der Waals surface area contributed by atoms with Crippen LogP contribution in [-0.4, -0.2) is 89.5 Å². The van der Waals surface area contributed by atoms with Crippen LogP contribution in [0.3, 0.4) is 0 Å². The lowest BCUT2D eigenvalue weighted by Crippen LogP contribution is -2.36. The Labute approximate surface area is 172 Å². The van der Waals surface area contributed by atoms with Crippen molar-refractivity contribution in [2.75, 3.05) is 66.5 Å². The minimum Gasteiger partial charge on any atom is -0.417 e. The fourth-order valence-corrected chi connectivity index (χ4v) is 6.13. The van der Waals surface area contributed by atoms with E-state index in [4.69, 9.17) is 4.43 Å². The molecule has 0 aliphatic heterocycles. The highest BCUT2D eigenvalue weighted by Crippen LogP contribution is 2.19. The van der Waals surface area contributed by atoms with Crippen molar-refractivity contribution in [3.05, 3.63) is 0 Å². The predicted molar refractivity (Wildman–Crippen MR) is 124 cm³/mol. The zero-order valence-electron chi connectivity index (χ0n) is 19.9. The number of nitrogens with zero attached hydrogens (tertiary/aromatic N) is 3. The number of rotatable bonds is 19. The summed E-state index contributed by atoms with van der Waals surface area (Å²) >= 11 is 0. The largest absolute Gasteiger partial charge is 0.417 e. The molecule has 1 unspecified atom stereocenters. The number of hydrogen-bond donors (Lipinski definition) is 0. The van der Waals surface area contributed by atoms with E-state index in [0.29, 0.717) is 0 Å². The molecule has 0 spiro atoms. The molecule has 5 heteroatoms.